The number of anilines is 1. The maximum Gasteiger partial charge on any atom is 0.228 e. The molecule has 15 heavy (non-hydrogen) atoms. The van der Waals surface area contributed by atoms with Gasteiger partial charge in [-0.2, -0.15) is 12.6 Å². The molecule has 1 amide bonds. The molecule has 1 aliphatic heterocycles. The van der Waals surface area contributed by atoms with Gasteiger partial charge in [0.2, 0.25) is 5.91 Å². The molecule has 5 heteroatoms. The Labute approximate surface area is 91.3 Å². The van der Waals surface area contributed by atoms with Crippen LogP contribution in [0.3, 0.4) is 0 Å². The van der Waals surface area contributed by atoms with Gasteiger partial charge in [0.1, 0.15) is 11.6 Å². The number of hydrogen-bond acceptors (Lipinski definition) is 2. The van der Waals surface area contributed by atoms with Crippen molar-refractivity contribution in [2.24, 2.45) is 0 Å². The highest BCUT2D eigenvalue weighted by atomic mass is 32.1. The first-order valence-corrected chi connectivity index (χ1v) is 5.03. The minimum absolute atomic E-state index is 0.0815. The van der Waals surface area contributed by atoms with Crippen LogP contribution < -0.4 is 4.90 Å². The Morgan fingerprint density at radius 3 is 2.67 bits per heavy atom. The summed E-state index contributed by atoms with van der Waals surface area (Å²) in [5.41, 5.74) is 0.123. The van der Waals surface area contributed by atoms with Crippen LogP contribution in [0.4, 0.5) is 14.5 Å². The molecule has 1 saturated heterocycles. The number of carbonyl (C=O) groups is 1. The number of nitrogens with zero attached hydrogens (tertiary/aromatic N) is 1. The molecule has 0 N–H and O–H groups in total. The highest BCUT2D eigenvalue weighted by molar-refractivity contribution is 7.81. The van der Waals surface area contributed by atoms with Crippen molar-refractivity contribution < 1.29 is 13.6 Å². The number of thiol groups is 1. The summed E-state index contributed by atoms with van der Waals surface area (Å²) in [6, 6.07) is 3.18. The number of carbonyl (C=O) groups excluding carboxylic acids is 1. The molecule has 1 unspecified atom stereocenters. The Morgan fingerprint density at radius 1 is 1.40 bits per heavy atom. The SMILES string of the molecule is O=C1CC(S)CN1c1ccc(F)cc1F. The van der Waals surface area contributed by atoms with Crippen LogP contribution in [0.15, 0.2) is 18.2 Å². The average molecular weight is 229 g/mol. The van der Waals surface area contributed by atoms with Crippen LogP contribution >= 0.6 is 12.6 Å². The van der Waals surface area contributed by atoms with Crippen molar-refractivity contribution in [1.82, 2.24) is 0 Å². The second-order valence-corrected chi connectivity index (χ2v) is 4.19. The van der Waals surface area contributed by atoms with Gasteiger partial charge in [0.05, 0.1) is 5.69 Å². The van der Waals surface area contributed by atoms with Crippen LogP contribution in [-0.2, 0) is 4.79 Å². The first kappa shape index (κ1) is 10.4. The molecule has 0 bridgehead atoms. The van der Waals surface area contributed by atoms with Gasteiger partial charge in [-0.15, -0.1) is 0 Å². The lowest BCUT2D eigenvalue weighted by atomic mass is 10.2. The van der Waals surface area contributed by atoms with E-state index >= 15 is 0 Å². The highest BCUT2D eigenvalue weighted by Crippen LogP contribution is 2.26. The Hall–Kier alpha value is -1.10. The van der Waals surface area contributed by atoms with Gasteiger partial charge in [-0.05, 0) is 12.1 Å². The number of halogens is 2. The van der Waals surface area contributed by atoms with E-state index in [9.17, 15) is 13.6 Å². The molecule has 1 aliphatic rings. The van der Waals surface area contributed by atoms with Crippen molar-refractivity contribution in [3.63, 3.8) is 0 Å². The van der Waals surface area contributed by atoms with E-state index in [-0.39, 0.29) is 16.8 Å². The minimum atomic E-state index is -0.717. The Kier molecular flexibility index (Phi) is 2.65. The smallest absolute Gasteiger partial charge is 0.228 e. The Balaban J connectivity index is 2.34. The van der Waals surface area contributed by atoms with E-state index < -0.39 is 11.6 Å². The first-order valence-electron chi connectivity index (χ1n) is 4.51. The van der Waals surface area contributed by atoms with Gasteiger partial charge in [-0.3, -0.25) is 4.79 Å². The van der Waals surface area contributed by atoms with Gasteiger partial charge < -0.3 is 4.90 Å². The molecule has 2 rings (SSSR count). The lowest BCUT2D eigenvalue weighted by Crippen LogP contribution is -2.25. The summed E-state index contributed by atoms with van der Waals surface area (Å²) < 4.78 is 26.0. The van der Waals surface area contributed by atoms with Crippen LogP contribution in [-0.4, -0.2) is 17.7 Å². The Morgan fingerprint density at radius 2 is 2.13 bits per heavy atom. The van der Waals surface area contributed by atoms with E-state index in [1.807, 2.05) is 0 Å². The summed E-state index contributed by atoms with van der Waals surface area (Å²) in [6.45, 7) is 0.366. The molecular weight excluding hydrogens is 220 g/mol. The molecule has 80 valence electrons. The summed E-state index contributed by atoms with van der Waals surface area (Å²) in [4.78, 5) is 12.7. The molecule has 1 atom stereocenters. The van der Waals surface area contributed by atoms with Crippen molar-refractivity contribution in [3.8, 4) is 0 Å². The molecular formula is C10H9F2NOS. The van der Waals surface area contributed by atoms with Crippen LogP contribution in [0.25, 0.3) is 0 Å². The van der Waals surface area contributed by atoms with E-state index in [2.05, 4.69) is 12.6 Å². The van der Waals surface area contributed by atoms with Crippen molar-refractivity contribution >= 4 is 24.2 Å². The fourth-order valence-electron chi connectivity index (χ4n) is 1.62. The molecule has 1 aromatic rings. The number of rotatable bonds is 1. The monoisotopic (exact) mass is 229 g/mol. The lowest BCUT2D eigenvalue weighted by Gasteiger charge is -2.16. The van der Waals surface area contributed by atoms with Crippen LogP contribution in [0.5, 0.6) is 0 Å². The quantitative estimate of drug-likeness (QED) is 0.730. The molecule has 1 fully saturated rings. The average Bonchev–Trinajstić information content (AvgIpc) is 2.45. The van der Waals surface area contributed by atoms with Crippen LogP contribution in [0, 0.1) is 11.6 Å². The maximum atomic E-state index is 13.3. The standard InChI is InChI=1S/C10H9F2NOS/c11-6-1-2-9(8(12)3-6)13-5-7(15)4-10(13)14/h1-3,7,15H,4-5H2. The molecule has 0 saturated carbocycles. The number of amides is 1. The van der Waals surface area contributed by atoms with Crippen molar-refractivity contribution in [3.05, 3.63) is 29.8 Å². The summed E-state index contributed by atoms with van der Waals surface area (Å²) in [6.07, 6.45) is 0.292. The van der Waals surface area contributed by atoms with Gasteiger partial charge in [0.15, 0.2) is 0 Å². The molecule has 0 aromatic heterocycles. The van der Waals surface area contributed by atoms with E-state index in [0.717, 1.165) is 12.1 Å². The summed E-state index contributed by atoms with van der Waals surface area (Å²) in [7, 11) is 0. The van der Waals surface area contributed by atoms with Gasteiger partial charge >= 0.3 is 0 Å². The number of benzene rings is 1. The van der Waals surface area contributed by atoms with Gasteiger partial charge in [-0.25, -0.2) is 8.78 Å². The van der Waals surface area contributed by atoms with E-state index in [0.29, 0.717) is 13.0 Å². The third-order valence-electron chi connectivity index (χ3n) is 2.31. The van der Waals surface area contributed by atoms with Crippen LogP contribution in [0.1, 0.15) is 6.42 Å². The molecule has 0 radical (unpaired) electrons. The van der Waals surface area contributed by atoms with Crippen LogP contribution in [0.2, 0.25) is 0 Å². The van der Waals surface area contributed by atoms with Gasteiger partial charge in [0.25, 0.3) is 0 Å². The molecule has 1 heterocycles. The third kappa shape index (κ3) is 1.97. The fourth-order valence-corrected chi connectivity index (χ4v) is 1.94. The van der Waals surface area contributed by atoms with Gasteiger partial charge in [-0.1, -0.05) is 0 Å². The van der Waals surface area contributed by atoms with Crippen molar-refractivity contribution in [1.29, 1.82) is 0 Å². The molecule has 0 spiro atoms. The predicted molar refractivity (Wildman–Crippen MR) is 56.1 cm³/mol. The third-order valence-corrected chi connectivity index (χ3v) is 2.65. The number of hydrogen-bond donors (Lipinski definition) is 1. The lowest BCUT2D eigenvalue weighted by molar-refractivity contribution is -0.117. The van der Waals surface area contributed by atoms with Crippen molar-refractivity contribution in [2.45, 2.75) is 11.7 Å². The largest absolute Gasteiger partial charge is 0.309 e. The first-order chi connectivity index (χ1) is 7.08. The Bertz CT molecular complexity index is 410. The summed E-state index contributed by atoms with van der Waals surface area (Å²) >= 11 is 4.16. The van der Waals surface area contributed by atoms with E-state index in [4.69, 9.17) is 0 Å². The summed E-state index contributed by atoms with van der Waals surface area (Å²) in [5.74, 6) is -1.54. The summed E-state index contributed by atoms with van der Waals surface area (Å²) in [5, 5.41) is -0.0815. The van der Waals surface area contributed by atoms with Gasteiger partial charge in [0, 0.05) is 24.3 Å². The normalized spacial score (nSPS) is 21.1. The second-order valence-electron chi connectivity index (χ2n) is 3.46. The van der Waals surface area contributed by atoms with E-state index in [1.165, 1.54) is 11.0 Å². The maximum absolute atomic E-state index is 13.3. The molecule has 1 aromatic carbocycles. The molecule has 0 aliphatic carbocycles. The topological polar surface area (TPSA) is 20.3 Å². The highest BCUT2D eigenvalue weighted by Gasteiger charge is 2.29. The van der Waals surface area contributed by atoms with E-state index in [1.54, 1.807) is 0 Å². The predicted octanol–water partition coefficient (Wildman–Crippen LogP) is 2.00. The minimum Gasteiger partial charge on any atom is -0.309 e. The zero-order chi connectivity index (χ0) is 11.0. The fraction of sp³-hybridized carbons (Fsp3) is 0.300. The zero-order valence-electron chi connectivity index (χ0n) is 7.78. The second kappa shape index (κ2) is 3.81. The molecule has 2 nitrogen and oxygen atoms in total. The zero-order valence-corrected chi connectivity index (χ0v) is 8.68. The van der Waals surface area contributed by atoms with Crippen molar-refractivity contribution in [2.75, 3.05) is 11.4 Å².